The summed E-state index contributed by atoms with van der Waals surface area (Å²) >= 11 is 0. The lowest BCUT2D eigenvalue weighted by Crippen LogP contribution is -2.16. The van der Waals surface area contributed by atoms with E-state index >= 15 is 0 Å². The highest BCUT2D eigenvalue weighted by atomic mass is 16.5. The van der Waals surface area contributed by atoms with E-state index in [1.165, 1.54) is 6.33 Å². The van der Waals surface area contributed by atoms with E-state index in [9.17, 15) is 0 Å². The molecule has 0 spiro atoms. The first-order valence-electron chi connectivity index (χ1n) is 3.90. The number of rotatable bonds is 4. The Morgan fingerprint density at radius 1 is 1.69 bits per heavy atom. The Morgan fingerprint density at radius 3 is 3.15 bits per heavy atom. The Balaban J connectivity index is 2.57. The first-order valence-corrected chi connectivity index (χ1v) is 3.90. The highest BCUT2D eigenvalue weighted by molar-refractivity contribution is 5.95. The molecule has 0 bridgehead atoms. The first kappa shape index (κ1) is 9.60. The van der Waals surface area contributed by atoms with Gasteiger partial charge in [-0.1, -0.05) is 0 Å². The summed E-state index contributed by atoms with van der Waals surface area (Å²) < 4.78 is 4.83. The van der Waals surface area contributed by atoms with Gasteiger partial charge in [0.2, 0.25) is 0 Å². The minimum Gasteiger partial charge on any atom is -0.383 e. The second kappa shape index (κ2) is 5.21. The number of methoxy groups -OCH3 is 1. The number of ether oxygens (including phenoxy) is 1. The van der Waals surface area contributed by atoms with Crippen LogP contribution < -0.4 is 5.73 Å². The van der Waals surface area contributed by atoms with E-state index in [1.807, 2.05) is 0 Å². The maximum atomic E-state index is 5.64. The number of aromatic nitrogens is 2. The molecule has 0 aliphatic carbocycles. The summed E-state index contributed by atoms with van der Waals surface area (Å²) in [7, 11) is 1.62. The molecule has 1 aromatic heterocycles. The van der Waals surface area contributed by atoms with Crippen molar-refractivity contribution in [2.75, 3.05) is 20.3 Å². The van der Waals surface area contributed by atoms with Crippen molar-refractivity contribution in [3.05, 3.63) is 24.3 Å². The normalized spacial score (nSPS) is 11.6. The largest absolute Gasteiger partial charge is 0.383 e. The van der Waals surface area contributed by atoms with Crippen LogP contribution >= 0.6 is 0 Å². The third-order valence-corrected chi connectivity index (χ3v) is 1.42. The van der Waals surface area contributed by atoms with E-state index in [0.29, 0.717) is 24.7 Å². The molecule has 1 rings (SSSR count). The zero-order valence-electron chi connectivity index (χ0n) is 7.47. The monoisotopic (exact) mass is 180 g/mol. The van der Waals surface area contributed by atoms with Gasteiger partial charge in [0.25, 0.3) is 0 Å². The summed E-state index contributed by atoms with van der Waals surface area (Å²) in [5.74, 6) is 0.416. The lowest BCUT2D eigenvalue weighted by molar-refractivity contribution is 0.208. The predicted octanol–water partition coefficient (Wildman–Crippen LogP) is -0.172. The molecular weight excluding hydrogens is 168 g/mol. The van der Waals surface area contributed by atoms with E-state index in [4.69, 9.17) is 10.5 Å². The summed E-state index contributed by atoms with van der Waals surface area (Å²) in [5.41, 5.74) is 6.28. The number of nitrogens with zero attached hydrogens (tertiary/aromatic N) is 3. The molecule has 0 atom stereocenters. The molecule has 0 saturated heterocycles. The van der Waals surface area contributed by atoms with E-state index in [1.54, 1.807) is 19.4 Å². The Morgan fingerprint density at radius 2 is 2.54 bits per heavy atom. The standard InChI is InChI=1S/C8H12N4O/c1-13-5-4-11-8(9)7-2-3-10-6-12-7/h2-3,6H,4-5H2,1H3,(H2,9,11). The Bertz CT molecular complexity index is 273. The van der Waals surface area contributed by atoms with Crippen LogP contribution in [0.2, 0.25) is 0 Å². The summed E-state index contributed by atoms with van der Waals surface area (Å²) in [6, 6.07) is 1.71. The molecule has 1 aromatic rings. The second-order valence-corrected chi connectivity index (χ2v) is 2.35. The van der Waals surface area contributed by atoms with Crippen molar-refractivity contribution in [2.45, 2.75) is 0 Å². The fraction of sp³-hybridized carbons (Fsp3) is 0.375. The molecule has 0 radical (unpaired) electrons. The van der Waals surface area contributed by atoms with Crippen LogP contribution in [0.3, 0.4) is 0 Å². The fourth-order valence-electron chi connectivity index (χ4n) is 0.781. The van der Waals surface area contributed by atoms with Gasteiger partial charge in [0.05, 0.1) is 13.2 Å². The van der Waals surface area contributed by atoms with E-state index < -0.39 is 0 Å². The van der Waals surface area contributed by atoms with E-state index in [-0.39, 0.29) is 0 Å². The van der Waals surface area contributed by atoms with Gasteiger partial charge in [0, 0.05) is 13.3 Å². The minimum atomic E-state index is 0.416. The molecule has 0 aromatic carbocycles. The van der Waals surface area contributed by atoms with Crippen LogP contribution in [0.5, 0.6) is 0 Å². The lowest BCUT2D eigenvalue weighted by Gasteiger charge is -1.98. The van der Waals surface area contributed by atoms with Crippen molar-refractivity contribution in [3.63, 3.8) is 0 Å². The SMILES string of the molecule is COCCN=C(N)c1ccncn1. The van der Waals surface area contributed by atoms with Crippen LogP contribution in [0.4, 0.5) is 0 Å². The van der Waals surface area contributed by atoms with Crippen LogP contribution in [0.25, 0.3) is 0 Å². The minimum absolute atomic E-state index is 0.416. The van der Waals surface area contributed by atoms with Crippen molar-refractivity contribution in [3.8, 4) is 0 Å². The van der Waals surface area contributed by atoms with Gasteiger partial charge in [-0.2, -0.15) is 0 Å². The molecule has 2 N–H and O–H groups in total. The molecule has 1 heterocycles. The molecule has 0 unspecified atom stereocenters. The third-order valence-electron chi connectivity index (χ3n) is 1.42. The molecule has 0 saturated carbocycles. The number of amidine groups is 1. The Hall–Kier alpha value is -1.49. The Labute approximate surface area is 76.7 Å². The van der Waals surface area contributed by atoms with Gasteiger partial charge in [0.15, 0.2) is 0 Å². The summed E-state index contributed by atoms with van der Waals surface area (Å²) in [6.45, 7) is 1.11. The van der Waals surface area contributed by atoms with Gasteiger partial charge in [-0.3, -0.25) is 4.99 Å². The maximum absolute atomic E-state index is 5.64. The highest BCUT2D eigenvalue weighted by Crippen LogP contribution is 1.90. The molecule has 0 fully saturated rings. The van der Waals surface area contributed by atoms with Crippen LogP contribution in [-0.2, 0) is 4.74 Å². The average molecular weight is 180 g/mol. The van der Waals surface area contributed by atoms with Crippen LogP contribution in [0, 0.1) is 0 Å². The lowest BCUT2D eigenvalue weighted by atomic mass is 10.4. The number of nitrogens with two attached hydrogens (primary N) is 1. The summed E-state index contributed by atoms with van der Waals surface area (Å²) in [6.07, 6.45) is 3.06. The van der Waals surface area contributed by atoms with Gasteiger partial charge in [-0.15, -0.1) is 0 Å². The fourth-order valence-corrected chi connectivity index (χ4v) is 0.781. The number of aliphatic imine (C=N–C) groups is 1. The molecular formula is C8H12N4O. The molecule has 70 valence electrons. The molecule has 13 heavy (non-hydrogen) atoms. The van der Waals surface area contributed by atoms with Crippen molar-refractivity contribution in [2.24, 2.45) is 10.7 Å². The van der Waals surface area contributed by atoms with Crippen LogP contribution in [0.1, 0.15) is 5.69 Å². The molecule has 0 aliphatic rings. The number of hydrogen-bond donors (Lipinski definition) is 1. The quantitative estimate of drug-likeness (QED) is 0.396. The molecule has 5 nitrogen and oxygen atoms in total. The van der Waals surface area contributed by atoms with Crippen molar-refractivity contribution in [1.82, 2.24) is 9.97 Å². The van der Waals surface area contributed by atoms with E-state index in [0.717, 1.165) is 0 Å². The number of hydrogen-bond acceptors (Lipinski definition) is 4. The summed E-state index contributed by atoms with van der Waals surface area (Å²) in [5, 5.41) is 0. The topological polar surface area (TPSA) is 73.4 Å². The molecule has 5 heteroatoms. The van der Waals surface area contributed by atoms with Crippen molar-refractivity contribution < 1.29 is 4.74 Å². The van der Waals surface area contributed by atoms with Crippen molar-refractivity contribution >= 4 is 5.84 Å². The average Bonchev–Trinajstić information content (AvgIpc) is 2.19. The maximum Gasteiger partial charge on any atom is 0.144 e. The van der Waals surface area contributed by atoms with Crippen LogP contribution in [0.15, 0.2) is 23.6 Å². The highest BCUT2D eigenvalue weighted by Gasteiger charge is 1.96. The first-order chi connectivity index (χ1) is 6.34. The van der Waals surface area contributed by atoms with Gasteiger partial charge < -0.3 is 10.5 Å². The molecule has 0 amide bonds. The zero-order valence-corrected chi connectivity index (χ0v) is 7.47. The second-order valence-electron chi connectivity index (χ2n) is 2.35. The van der Waals surface area contributed by atoms with Gasteiger partial charge in [-0.05, 0) is 6.07 Å². The third kappa shape index (κ3) is 3.16. The Kier molecular flexibility index (Phi) is 3.84. The van der Waals surface area contributed by atoms with Gasteiger partial charge >= 0.3 is 0 Å². The van der Waals surface area contributed by atoms with Crippen molar-refractivity contribution in [1.29, 1.82) is 0 Å². The van der Waals surface area contributed by atoms with E-state index in [2.05, 4.69) is 15.0 Å². The smallest absolute Gasteiger partial charge is 0.144 e. The zero-order chi connectivity index (χ0) is 9.52. The molecule has 0 aliphatic heterocycles. The summed E-state index contributed by atoms with van der Waals surface area (Å²) in [4.78, 5) is 11.8. The van der Waals surface area contributed by atoms with Gasteiger partial charge in [-0.25, -0.2) is 9.97 Å². The van der Waals surface area contributed by atoms with Crippen LogP contribution in [-0.4, -0.2) is 36.1 Å². The predicted molar refractivity (Wildman–Crippen MR) is 49.5 cm³/mol. The van der Waals surface area contributed by atoms with Gasteiger partial charge in [0.1, 0.15) is 17.9 Å².